The summed E-state index contributed by atoms with van der Waals surface area (Å²) in [6.45, 7) is -1.17. The van der Waals surface area contributed by atoms with Crippen LogP contribution >= 0.6 is 0 Å². The fourth-order valence-electron chi connectivity index (χ4n) is 1.80. The Bertz CT molecular complexity index is 716. The summed E-state index contributed by atoms with van der Waals surface area (Å²) in [5, 5.41) is 13.0. The number of alkyl halides is 2. The zero-order chi connectivity index (χ0) is 16.8. The van der Waals surface area contributed by atoms with E-state index in [4.69, 9.17) is 5.11 Å². The number of hydrogen-bond donors (Lipinski definition) is 2. The van der Waals surface area contributed by atoms with Crippen molar-refractivity contribution in [2.45, 2.75) is 13.5 Å². The average Bonchev–Trinajstić information content (AvgIpc) is 2.52. The van der Waals surface area contributed by atoms with Crippen LogP contribution in [0.2, 0.25) is 0 Å². The molecule has 7 heteroatoms. The van der Waals surface area contributed by atoms with Gasteiger partial charge >= 0.3 is 12.6 Å². The molecule has 23 heavy (non-hydrogen) atoms. The number of ether oxygens (including phenoxy) is 1. The molecule has 0 saturated carbocycles. The lowest BCUT2D eigenvalue weighted by molar-refractivity contribution is -0.0498. The van der Waals surface area contributed by atoms with E-state index in [9.17, 15) is 13.6 Å². The van der Waals surface area contributed by atoms with E-state index in [1.165, 1.54) is 24.3 Å². The first-order valence-corrected chi connectivity index (χ1v) is 6.64. The molecule has 2 rings (SSSR count). The van der Waals surface area contributed by atoms with Gasteiger partial charge in [0.25, 0.3) is 0 Å². The molecule has 0 aliphatic carbocycles. The number of carboxylic acids is 1. The van der Waals surface area contributed by atoms with Gasteiger partial charge in [-0.3, -0.25) is 5.43 Å². The van der Waals surface area contributed by atoms with Crippen molar-refractivity contribution in [3.8, 4) is 5.75 Å². The summed E-state index contributed by atoms with van der Waals surface area (Å²) >= 11 is 0. The van der Waals surface area contributed by atoms with E-state index in [1.807, 2.05) is 0 Å². The highest BCUT2D eigenvalue weighted by Gasteiger charge is 2.06. The first-order chi connectivity index (χ1) is 11.0. The van der Waals surface area contributed by atoms with Gasteiger partial charge in [-0.05, 0) is 43.3 Å². The van der Waals surface area contributed by atoms with Crippen molar-refractivity contribution in [1.29, 1.82) is 0 Å². The van der Waals surface area contributed by atoms with E-state index >= 15 is 0 Å². The molecule has 0 spiro atoms. The van der Waals surface area contributed by atoms with Crippen LogP contribution in [0.3, 0.4) is 0 Å². The molecule has 0 amide bonds. The molecule has 0 aliphatic heterocycles. The third kappa shape index (κ3) is 4.77. The predicted octanol–water partition coefficient (Wildman–Crippen LogP) is 3.82. The molecule has 120 valence electrons. The minimum Gasteiger partial charge on any atom is -0.478 e. The number of nitrogens with one attached hydrogen (secondary N) is 1. The third-order valence-electron chi connectivity index (χ3n) is 2.96. The standard InChI is InChI=1S/C16H14F2N2O3/c1-10(12-3-2-4-14(9-12)23-16(17)18)19-20-13-7-5-11(6-8-13)15(21)22/h2-9,16,20H,1H3,(H,21,22)/b19-10-. The Labute approximate surface area is 131 Å². The maximum atomic E-state index is 12.2. The quantitative estimate of drug-likeness (QED) is 0.627. The Morgan fingerprint density at radius 1 is 1.17 bits per heavy atom. The van der Waals surface area contributed by atoms with Crippen molar-refractivity contribution < 1.29 is 23.4 Å². The van der Waals surface area contributed by atoms with E-state index < -0.39 is 12.6 Å². The normalized spacial score (nSPS) is 11.4. The Hall–Kier alpha value is -2.96. The van der Waals surface area contributed by atoms with E-state index in [0.29, 0.717) is 17.0 Å². The number of hydrogen-bond acceptors (Lipinski definition) is 4. The van der Waals surface area contributed by atoms with Gasteiger partial charge in [-0.2, -0.15) is 13.9 Å². The molecule has 0 fully saturated rings. The second-order valence-electron chi connectivity index (χ2n) is 4.60. The zero-order valence-corrected chi connectivity index (χ0v) is 12.2. The number of anilines is 1. The van der Waals surface area contributed by atoms with Gasteiger partial charge in [-0.15, -0.1) is 0 Å². The number of hydrazone groups is 1. The van der Waals surface area contributed by atoms with Gasteiger partial charge in [0.05, 0.1) is 17.0 Å². The van der Waals surface area contributed by atoms with E-state index in [1.54, 1.807) is 31.2 Å². The molecule has 2 aromatic rings. The van der Waals surface area contributed by atoms with Crippen LogP contribution in [0.15, 0.2) is 53.6 Å². The van der Waals surface area contributed by atoms with Crippen LogP contribution in [0.1, 0.15) is 22.8 Å². The number of carboxylic acid groups (broad SMARTS) is 1. The third-order valence-corrected chi connectivity index (χ3v) is 2.96. The summed E-state index contributed by atoms with van der Waals surface area (Å²) in [7, 11) is 0. The largest absolute Gasteiger partial charge is 0.478 e. The maximum Gasteiger partial charge on any atom is 0.387 e. The molecule has 0 bridgehead atoms. The van der Waals surface area contributed by atoms with Crippen LogP contribution < -0.4 is 10.2 Å². The maximum absolute atomic E-state index is 12.2. The highest BCUT2D eigenvalue weighted by molar-refractivity contribution is 5.99. The van der Waals surface area contributed by atoms with Crippen LogP contribution in [0.5, 0.6) is 5.75 Å². The van der Waals surface area contributed by atoms with Gasteiger partial charge in [0, 0.05) is 5.56 Å². The van der Waals surface area contributed by atoms with Crippen LogP contribution in [-0.2, 0) is 0 Å². The monoisotopic (exact) mass is 320 g/mol. The van der Waals surface area contributed by atoms with Crippen molar-refractivity contribution >= 4 is 17.4 Å². The molecule has 2 aromatic carbocycles. The van der Waals surface area contributed by atoms with Crippen molar-refractivity contribution in [2.24, 2.45) is 5.10 Å². The second-order valence-corrected chi connectivity index (χ2v) is 4.60. The van der Waals surface area contributed by atoms with Crippen molar-refractivity contribution in [1.82, 2.24) is 0 Å². The van der Waals surface area contributed by atoms with Crippen molar-refractivity contribution in [3.63, 3.8) is 0 Å². The fraction of sp³-hybridized carbons (Fsp3) is 0.125. The van der Waals surface area contributed by atoms with E-state index in [0.717, 1.165) is 0 Å². The second kappa shape index (κ2) is 7.35. The first-order valence-electron chi connectivity index (χ1n) is 6.64. The van der Waals surface area contributed by atoms with Crippen molar-refractivity contribution in [3.05, 3.63) is 59.7 Å². The van der Waals surface area contributed by atoms with Crippen LogP contribution in [0.4, 0.5) is 14.5 Å². The lowest BCUT2D eigenvalue weighted by atomic mass is 10.1. The molecule has 5 nitrogen and oxygen atoms in total. The number of rotatable bonds is 6. The summed E-state index contributed by atoms with van der Waals surface area (Å²) in [5.74, 6) is -0.954. The Morgan fingerprint density at radius 2 is 1.87 bits per heavy atom. The molecule has 0 atom stereocenters. The van der Waals surface area contributed by atoms with Gasteiger partial charge in [0.15, 0.2) is 0 Å². The Balaban J connectivity index is 2.08. The zero-order valence-electron chi connectivity index (χ0n) is 12.2. The molecule has 2 N–H and O–H groups in total. The summed E-state index contributed by atoms with van der Waals surface area (Å²) in [6.07, 6.45) is 0. The number of benzene rings is 2. The summed E-state index contributed by atoms with van der Waals surface area (Å²) in [5.41, 5.74) is 4.74. The van der Waals surface area contributed by atoms with Crippen molar-refractivity contribution in [2.75, 3.05) is 5.43 Å². The predicted molar refractivity (Wildman–Crippen MR) is 82.3 cm³/mol. The average molecular weight is 320 g/mol. The molecule has 0 aromatic heterocycles. The molecule has 0 unspecified atom stereocenters. The van der Waals surface area contributed by atoms with Gasteiger partial charge in [0.2, 0.25) is 0 Å². The number of nitrogens with zero attached hydrogens (tertiary/aromatic N) is 1. The molecule has 0 heterocycles. The minimum atomic E-state index is -2.88. The first kappa shape index (κ1) is 16.4. The highest BCUT2D eigenvalue weighted by Crippen LogP contribution is 2.17. The Kier molecular flexibility index (Phi) is 5.24. The summed E-state index contributed by atoms with van der Waals surface area (Å²) in [4.78, 5) is 10.8. The van der Waals surface area contributed by atoms with Crippen LogP contribution in [-0.4, -0.2) is 23.4 Å². The van der Waals surface area contributed by atoms with Gasteiger partial charge in [-0.25, -0.2) is 4.79 Å². The smallest absolute Gasteiger partial charge is 0.387 e. The van der Waals surface area contributed by atoms with Gasteiger partial charge < -0.3 is 9.84 Å². The summed E-state index contributed by atoms with van der Waals surface area (Å²) < 4.78 is 28.8. The topological polar surface area (TPSA) is 70.9 Å². The van der Waals surface area contributed by atoms with E-state index in [-0.39, 0.29) is 11.3 Å². The summed E-state index contributed by atoms with van der Waals surface area (Å²) in [6, 6.07) is 12.3. The lowest BCUT2D eigenvalue weighted by Gasteiger charge is -2.07. The molecule has 0 aliphatic rings. The molecule has 0 radical (unpaired) electrons. The van der Waals surface area contributed by atoms with E-state index in [2.05, 4.69) is 15.3 Å². The molecular formula is C16H14F2N2O3. The number of halogens is 2. The van der Waals surface area contributed by atoms with Crippen LogP contribution in [0.25, 0.3) is 0 Å². The Morgan fingerprint density at radius 3 is 2.48 bits per heavy atom. The van der Waals surface area contributed by atoms with Gasteiger partial charge in [-0.1, -0.05) is 12.1 Å². The number of carbonyl (C=O) groups is 1. The molecular weight excluding hydrogens is 306 g/mol. The highest BCUT2D eigenvalue weighted by atomic mass is 19.3. The van der Waals surface area contributed by atoms with Crippen LogP contribution in [0, 0.1) is 0 Å². The molecule has 0 saturated heterocycles. The fourth-order valence-corrected chi connectivity index (χ4v) is 1.80. The number of aromatic carboxylic acids is 1. The SMILES string of the molecule is C/C(=N/Nc1ccc(C(=O)O)cc1)c1cccc(OC(F)F)c1. The minimum absolute atomic E-state index is 0.0536. The lowest BCUT2D eigenvalue weighted by Crippen LogP contribution is -2.04. The van der Waals surface area contributed by atoms with Gasteiger partial charge in [0.1, 0.15) is 5.75 Å².